The Hall–Kier alpha value is -0.100. The second kappa shape index (κ2) is 6.40. The number of halogens is 3. The van der Waals surface area contributed by atoms with Crippen molar-refractivity contribution in [1.82, 2.24) is 0 Å². The molecule has 14 heavy (non-hydrogen) atoms. The minimum absolute atomic E-state index is 0.216. The molecule has 0 bridgehead atoms. The van der Waals surface area contributed by atoms with Crippen LogP contribution in [0.3, 0.4) is 0 Å². The molecule has 0 aromatic rings. The van der Waals surface area contributed by atoms with Crippen LogP contribution < -0.4 is 0 Å². The topological polar surface area (TPSA) is 12.4 Å². The van der Waals surface area contributed by atoms with Crippen molar-refractivity contribution in [3.63, 3.8) is 0 Å². The van der Waals surface area contributed by atoms with Crippen LogP contribution in [0.1, 0.15) is 12.8 Å². The van der Waals surface area contributed by atoms with Gasteiger partial charge in [-0.05, 0) is 6.42 Å². The zero-order valence-electron chi connectivity index (χ0n) is 7.43. The molecule has 0 unspecified atom stereocenters. The van der Waals surface area contributed by atoms with Crippen LogP contribution >= 0.6 is 23.5 Å². The fourth-order valence-electron chi connectivity index (χ4n) is 0.850. The highest BCUT2D eigenvalue weighted by atomic mass is 32.2. The maximum absolute atomic E-state index is 12.3. The molecule has 1 aliphatic rings. The van der Waals surface area contributed by atoms with Gasteiger partial charge in [0.25, 0.3) is 0 Å². The van der Waals surface area contributed by atoms with E-state index in [1.165, 1.54) is 11.8 Å². The lowest BCUT2D eigenvalue weighted by molar-refractivity contribution is 0.373. The third-order valence-electron chi connectivity index (χ3n) is 1.52. The molecule has 0 saturated heterocycles. The lowest BCUT2D eigenvalue weighted by atomic mass is 10.4. The van der Waals surface area contributed by atoms with Crippen molar-refractivity contribution in [3.8, 4) is 0 Å². The van der Waals surface area contributed by atoms with E-state index in [9.17, 15) is 13.2 Å². The number of rotatable bonds is 3. The second-order valence-electron chi connectivity index (χ2n) is 2.61. The summed E-state index contributed by atoms with van der Waals surface area (Å²) in [7, 11) is 0. The molecule has 0 aliphatic carbocycles. The largest absolute Gasteiger partial charge is 0.301 e. The highest BCUT2D eigenvalue weighted by molar-refractivity contribution is 8.38. The first-order valence-corrected chi connectivity index (χ1v) is 6.17. The van der Waals surface area contributed by atoms with Crippen molar-refractivity contribution in [1.29, 1.82) is 0 Å². The number of nitrogens with zero attached hydrogens (tertiary/aromatic N) is 1. The van der Waals surface area contributed by atoms with Gasteiger partial charge in [-0.15, -0.1) is 0 Å². The minimum Gasteiger partial charge on any atom is -0.272 e. The fraction of sp³-hybridized carbons (Fsp3) is 0.625. The molecular weight excluding hydrogens is 231 g/mol. The molecular formula is C8H10F3NS2. The van der Waals surface area contributed by atoms with Crippen LogP contribution in [0.15, 0.2) is 16.9 Å². The molecule has 1 rings (SSSR count). The van der Waals surface area contributed by atoms with E-state index in [1.807, 2.05) is 0 Å². The summed E-state index contributed by atoms with van der Waals surface area (Å²) >= 11 is 2.96. The van der Waals surface area contributed by atoms with Crippen LogP contribution in [0.4, 0.5) is 13.2 Å². The standard InChI is InChI=1S/C8H10F3NS2/c9-6(7(10)11)2-5-14-8-12-3-1-4-13-8/h1-5H2. The van der Waals surface area contributed by atoms with Gasteiger partial charge < -0.3 is 0 Å². The fourth-order valence-corrected chi connectivity index (χ4v) is 2.95. The Morgan fingerprint density at radius 1 is 1.43 bits per heavy atom. The van der Waals surface area contributed by atoms with Crippen molar-refractivity contribution in [2.24, 2.45) is 4.99 Å². The number of aliphatic imine (C=N–C) groups is 1. The molecule has 0 atom stereocenters. The van der Waals surface area contributed by atoms with Gasteiger partial charge in [-0.2, -0.15) is 8.78 Å². The molecule has 0 saturated carbocycles. The van der Waals surface area contributed by atoms with Gasteiger partial charge in [-0.3, -0.25) is 4.99 Å². The highest BCUT2D eigenvalue weighted by Gasteiger charge is 2.09. The molecule has 0 radical (unpaired) electrons. The lowest BCUT2D eigenvalue weighted by Crippen LogP contribution is -2.00. The van der Waals surface area contributed by atoms with E-state index in [0.717, 1.165) is 23.1 Å². The smallest absolute Gasteiger partial charge is 0.272 e. The predicted octanol–water partition coefficient (Wildman–Crippen LogP) is 3.68. The van der Waals surface area contributed by atoms with Gasteiger partial charge in [0.05, 0.1) is 0 Å². The van der Waals surface area contributed by atoms with E-state index in [0.29, 0.717) is 5.75 Å². The molecule has 0 N–H and O–H groups in total. The van der Waals surface area contributed by atoms with Crippen LogP contribution in [0.2, 0.25) is 0 Å². The Labute approximate surface area is 89.2 Å². The molecule has 0 amide bonds. The van der Waals surface area contributed by atoms with E-state index in [2.05, 4.69) is 4.99 Å². The quantitative estimate of drug-likeness (QED) is 0.747. The third kappa shape index (κ3) is 4.41. The summed E-state index contributed by atoms with van der Waals surface area (Å²) in [6, 6.07) is 0. The van der Waals surface area contributed by atoms with E-state index < -0.39 is 11.9 Å². The molecule has 0 fully saturated rings. The highest BCUT2D eigenvalue weighted by Crippen LogP contribution is 2.24. The molecule has 1 heterocycles. The summed E-state index contributed by atoms with van der Waals surface area (Å²) in [6.07, 6.45) is -1.36. The lowest BCUT2D eigenvalue weighted by Gasteiger charge is -2.09. The second-order valence-corrected chi connectivity index (χ2v) is 5.04. The zero-order valence-corrected chi connectivity index (χ0v) is 9.07. The Morgan fingerprint density at radius 2 is 2.21 bits per heavy atom. The Kier molecular flexibility index (Phi) is 5.47. The van der Waals surface area contributed by atoms with Crippen LogP contribution in [0, 0.1) is 0 Å². The van der Waals surface area contributed by atoms with Crippen molar-refractivity contribution in [3.05, 3.63) is 11.9 Å². The molecule has 0 aromatic heterocycles. The van der Waals surface area contributed by atoms with Crippen LogP contribution in [-0.2, 0) is 0 Å². The van der Waals surface area contributed by atoms with Crippen molar-refractivity contribution < 1.29 is 13.2 Å². The summed E-state index contributed by atoms with van der Waals surface area (Å²) in [5, 5.41) is 0. The first-order chi connectivity index (χ1) is 6.70. The van der Waals surface area contributed by atoms with Crippen molar-refractivity contribution in [2.45, 2.75) is 12.8 Å². The van der Waals surface area contributed by atoms with Crippen LogP contribution in [-0.4, -0.2) is 22.4 Å². The number of hydrogen-bond acceptors (Lipinski definition) is 3. The van der Waals surface area contributed by atoms with Crippen molar-refractivity contribution >= 4 is 27.9 Å². The average Bonchev–Trinajstić information content (AvgIpc) is 2.19. The van der Waals surface area contributed by atoms with Gasteiger partial charge in [-0.25, -0.2) is 4.39 Å². The molecule has 0 spiro atoms. The van der Waals surface area contributed by atoms with Gasteiger partial charge in [0.2, 0.25) is 0 Å². The van der Waals surface area contributed by atoms with Crippen LogP contribution in [0.25, 0.3) is 0 Å². The summed E-state index contributed by atoms with van der Waals surface area (Å²) < 4.78 is 36.5. The Morgan fingerprint density at radius 3 is 2.79 bits per heavy atom. The predicted molar refractivity (Wildman–Crippen MR) is 56.8 cm³/mol. The van der Waals surface area contributed by atoms with E-state index in [4.69, 9.17) is 0 Å². The van der Waals surface area contributed by atoms with E-state index in [1.54, 1.807) is 11.8 Å². The van der Waals surface area contributed by atoms with Crippen LogP contribution in [0.5, 0.6) is 0 Å². The number of hydrogen-bond donors (Lipinski definition) is 0. The van der Waals surface area contributed by atoms with Gasteiger partial charge >= 0.3 is 6.08 Å². The Bertz CT molecular complexity index is 249. The van der Waals surface area contributed by atoms with Crippen molar-refractivity contribution in [2.75, 3.05) is 18.1 Å². The molecule has 1 nitrogen and oxygen atoms in total. The molecule has 6 heteroatoms. The first-order valence-electron chi connectivity index (χ1n) is 4.20. The van der Waals surface area contributed by atoms with Gasteiger partial charge in [-0.1, -0.05) is 23.5 Å². The first kappa shape index (κ1) is 12.0. The summed E-state index contributed by atoms with van der Waals surface area (Å²) in [4.78, 5) is 4.19. The monoisotopic (exact) mass is 241 g/mol. The minimum atomic E-state index is -2.20. The molecule has 1 aliphatic heterocycles. The maximum atomic E-state index is 12.3. The average molecular weight is 241 g/mol. The SMILES string of the molecule is FC(F)=C(F)CCSC1=NCCCS1. The molecule has 80 valence electrons. The number of thioether (sulfide) groups is 2. The van der Waals surface area contributed by atoms with E-state index in [-0.39, 0.29) is 6.42 Å². The van der Waals surface area contributed by atoms with Gasteiger partial charge in [0, 0.05) is 24.5 Å². The zero-order chi connectivity index (χ0) is 10.4. The van der Waals surface area contributed by atoms with Gasteiger partial charge in [0.15, 0.2) is 5.83 Å². The summed E-state index contributed by atoms with van der Waals surface area (Å²) in [6.45, 7) is 0.797. The maximum Gasteiger partial charge on any atom is 0.301 e. The molecule has 0 aromatic carbocycles. The summed E-state index contributed by atoms with van der Waals surface area (Å²) in [5.41, 5.74) is 0. The Balaban J connectivity index is 2.21. The van der Waals surface area contributed by atoms with E-state index >= 15 is 0 Å². The number of allylic oxidation sites excluding steroid dienone is 1. The third-order valence-corrected chi connectivity index (χ3v) is 3.88. The normalized spacial score (nSPS) is 16.4. The summed E-state index contributed by atoms with van der Waals surface area (Å²) in [5.74, 6) is 0.0373. The van der Waals surface area contributed by atoms with Gasteiger partial charge in [0.1, 0.15) is 4.38 Å².